The number of aromatic nitrogens is 2. The summed E-state index contributed by atoms with van der Waals surface area (Å²) in [4.78, 5) is 50.0. The highest BCUT2D eigenvalue weighted by molar-refractivity contribution is 8.10. The number of aromatic amines is 1. The molecule has 1 aromatic heterocycles. The predicted octanol–water partition coefficient (Wildman–Crippen LogP) is 0.0307. The number of nitrogens with one attached hydrogen (secondary N) is 3. The summed E-state index contributed by atoms with van der Waals surface area (Å²) in [7, 11) is 0. The maximum Gasteiger partial charge on any atom is 0.330 e. The Morgan fingerprint density at radius 2 is 1.59 bits per heavy atom. The first-order valence-electron chi connectivity index (χ1n) is 12.4. The zero-order chi connectivity index (χ0) is 31.4. The number of ether oxygens (including phenoxy) is 3. The van der Waals surface area contributed by atoms with E-state index in [2.05, 4.69) is 10.2 Å². The molecule has 0 spiro atoms. The minimum absolute atomic E-state index is 0.287. The van der Waals surface area contributed by atoms with Crippen LogP contribution < -0.4 is 21.4 Å². The molecule has 0 aliphatic carbocycles. The molecule has 1 aromatic rings. The van der Waals surface area contributed by atoms with E-state index in [0.717, 1.165) is 0 Å². The summed E-state index contributed by atoms with van der Waals surface area (Å²) >= 11 is 5.50. The summed E-state index contributed by atoms with van der Waals surface area (Å²) in [5.74, 6) is -3.06. The fraction of sp³-hybridized carbons (Fsp3) is 0.727. The predicted molar refractivity (Wildman–Crippen MR) is 140 cm³/mol. The number of carbonyl (C=O) groups excluding carboxylic acids is 2. The van der Waals surface area contributed by atoms with Crippen LogP contribution in [0.1, 0.15) is 47.8 Å². The van der Waals surface area contributed by atoms with E-state index < -0.39 is 96.9 Å². The van der Waals surface area contributed by atoms with Crippen molar-refractivity contribution in [1.29, 1.82) is 0 Å². The van der Waals surface area contributed by atoms with E-state index in [9.17, 15) is 42.6 Å². The lowest BCUT2D eigenvalue weighted by Gasteiger charge is -2.35. The van der Waals surface area contributed by atoms with Crippen LogP contribution in [0, 0.1) is 5.82 Å². The number of nitrogens with zero attached hydrogens (tertiary/aromatic N) is 1. The average Bonchev–Trinajstić information content (AvgIpc) is 3.10. The first kappa shape index (κ1) is 35.0. The second kappa shape index (κ2) is 13.9. The van der Waals surface area contributed by atoms with Crippen molar-refractivity contribution < 1.29 is 51.7 Å². The minimum atomic E-state index is -3.87. The van der Waals surface area contributed by atoms with Crippen LogP contribution >= 0.6 is 6.57 Å². The summed E-state index contributed by atoms with van der Waals surface area (Å²) in [6.07, 6.45) is -11.0. The molecular formula is C22H34F3N4O10PS. The molecule has 1 fully saturated rings. The molecule has 0 amide bonds. The van der Waals surface area contributed by atoms with Crippen LogP contribution in [0.2, 0.25) is 0 Å². The van der Waals surface area contributed by atoms with Gasteiger partial charge in [0.1, 0.15) is 24.3 Å². The van der Waals surface area contributed by atoms with Gasteiger partial charge in [0.05, 0.1) is 25.0 Å². The van der Waals surface area contributed by atoms with Crippen LogP contribution in [0.5, 0.6) is 0 Å². The summed E-state index contributed by atoms with van der Waals surface area (Å²) in [5.41, 5.74) is -5.77. The molecule has 2 rings (SSSR count). The molecule has 5 N–H and O–H groups in total. The molecule has 2 heterocycles. The van der Waals surface area contributed by atoms with Crippen LogP contribution in [0.4, 0.5) is 13.2 Å². The lowest BCUT2D eigenvalue weighted by atomic mass is 9.96. The quantitative estimate of drug-likeness (QED) is 0.144. The van der Waals surface area contributed by atoms with Gasteiger partial charge in [-0.1, -0.05) is 0 Å². The molecule has 14 nitrogen and oxygen atoms in total. The van der Waals surface area contributed by atoms with E-state index in [1.165, 1.54) is 13.8 Å². The normalized spacial score (nSPS) is 25.8. The molecule has 6 unspecified atom stereocenters. The highest BCUT2D eigenvalue weighted by Crippen LogP contribution is 2.46. The van der Waals surface area contributed by atoms with Crippen molar-refractivity contribution in [2.75, 3.05) is 6.61 Å². The smallest absolute Gasteiger partial charge is 0.330 e. The maximum atomic E-state index is 14.5. The lowest BCUT2D eigenvalue weighted by molar-refractivity contribution is -0.191. The van der Waals surface area contributed by atoms with E-state index in [-0.39, 0.29) is 4.57 Å². The van der Waals surface area contributed by atoms with Crippen molar-refractivity contribution in [3.8, 4) is 0 Å². The molecule has 1 saturated heterocycles. The van der Waals surface area contributed by atoms with Gasteiger partial charge in [-0.05, 0) is 53.3 Å². The number of aliphatic hydroxyl groups is 2. The highest BCUT2D eigenvalue weighted by atomic mass is 32.4. The molecule has 6 atom stereocenters. The Balaban J connectivity index is 2.42. The Bertz CT molecular complexity index is 1230. The van der Waals surface area contributed by atoms with Gasteiger partial charge in [-0.2, -0.15) is 4.39 Å². The van der Waals surface area contributed by atoms with Gasteiger partial charge in [0.2, 0.25) is 5.82 Å². The van der Waals surface area contributed by atoms with Crippen LogP contribution in [0.25, 0.3) is 0 Å². The molecule has 0 radical (unpaired) electrons. The first-order valence-corrected chi connectivity index (χ1v) is 15.1. The minimum Gasteiger partial charge on any atom is -0.462 e. The maximum absolute atomic E-state index is 14.5. The highest BCUT2D eigenvalue weighted by Gasteiger charge is 2.61. The van der Waals surface area contributed by atoms with Gasteiger partial charge in [0, 0.05) is 0 Å². The topological polar surface area (TPSA) is 190 Å². The third-order valence-corrected chi connectivity index (χ3v) is 8.53. The molecule has 41 heavy (non-hydrogen) atoms. The Hall–Kier alpha value is -2.18. The monoisotopic (exact) mass is 634 g/mol. The number of esters is 2. The van der Waals surface area contributed by atoms with Crippen LogP contribution in [0.3, 0.4) is 0 Å². The van der Waals surface area contributed by atoms with E-state index in [0.29, 0.717) is 6.20 Å². The number of aliphatic hydroxyl groups excluding tert-OH is 2. The molecule has 234 valence electrons. The Morgan fingerprint density at radius 1 is 1.10 bits per heavy atom. The summed E-state index contributed by atoms with van der Waals surface area (Å²) < 4.78 is 64.2. The Morgan fingerprint density at radius 3 is 2.02 bits per heavy atom. The SMILES string of the molecule is CC(C)OC(=O)C(C)NP(=S)(NC(C)C(=O)OC(C)C)OCC1(C(F)F)OC(n2cc(F)c(=O)[nH]c2=O)C(O)C1O. The molecule has 1 aliphatic heterocycles. The molecular weight excluding hydrogens is 600 g/mol. The molecule has 1 aliphatic rings. The number of carbonyl (C=O) groups is 2. The molecule has 19 heteroatoms. The fourth-order valence-electron chi connectivity index (χ4n) is 3.63. The van der Waals surface area contributed by atoms with Crippen molar-refractivity contribution in [2.45, 2.75) is 96.3 Å². The van der Waals surface area contributed by atoms with E-state index in [4.69, 9.17) is 30.5 Å². The van der Waals surface area contributed by atoms with Crippen molar-refractivity contribution in [2.24, 2.45) is 0 Å². The van der Waals surface area contributed by atoms with Gasteiger partial charge in [0.25, 0.3) is 12.0 Å². The molecule has 0 aromatic carbocycles. The number of alkyl halides is 2. The number of hydrogen-bond acceptors (Lipinski definition) is 11. The standard InChI is InChI=1S/C22H34F3N4O10PS/c1-9(2)37-18(33)11(5)27-40(41,28-12(6)19(34)38-10(3)4)36-8-22(20(24)25)15(31)14(30)17(39-22)29-7-13(23)16(32)26-21(29)35/h7,9-12,14-15,17,20,30-31H,8H2,1-6H3,(H,26,32,35)(H2,27,28,41). The number of H-pyrrole nitrogens is 1. The summed E-state index contributed by atoms with van der Waals surface area (Å²) in [6.45, 7) is 3.91. The van der Waals surface area contributed by atoms with Crippen molar-refractivity contribution in [1.82, 2.24) is 19.7 Å². The number of halogens is 3. The molecule has 0 saturated carbocycles. The largest absolute Gasteiger partial charge is 0.462 e. The van der Waals surface area contributed by atoms with Crippen molar-refractivity contribution in [3.63, 3.8) is 0 Å². The Labute approximate surface area is 237 Å². The zero-order valence-electron chi connectivity index (χ0n) is 23.0. The van der Waals surface area contributed by atoms with Gasteiger partial charge >= 0.3 is 17.6 Å². The second-order valence-corrected chi connectivity index (χ2v) is 13.3. The van der Waals surface area contributed by atoms with Gasteiger partial charge in [-0.3, -0.25) is 23.9 Å². The third kappa shape index (κ3) is 8.44. The number of hydrogen-bond donors (Lipinski definition) is 5. The van der Waals surface area contributed by atoms with Crippen molar-refractivity contribution >= 4 is 30.3 Å². The van der Waals surface area contributed by atoms with Gasteiger partial charge < -0.3 is 28.9 Å². The average molecular weight is 635 g/mol. The van der Waals surface area contributed by atoms with Crippen LogP contribution in [-0.4, -0.2) is 86.8 Å². The van der Waals surface area contributed by atoms with Crippen LogP contribution in [-0.2, 0) is 40.1 Å². The zero-order valence-corrected chi connectivity index (χ0v) is 24.7. The van der Waals surface area contributed by atoms with Crippen molar-refractivity contribution in [3.05, 3.63) is 32.9 Å². The summed E-state index contributed by atoms with van der Waals surface area (Å²) in [5, 5.41) is 26.4. The van der Waals surface area contributed by atoms with Gasteiger partial charge in [0.15, 0.2) is 18.4 Å². The number of rotatable bonds is 13. The first-order chi connectivity index (χ1) is 18.8. The van der Waals surface area contributed by atoms with Crippen LogP contribution in [0.15, 0.2) is 15.8 Å². The van der Waals surface area contributed by atoms with E-state index >= 15 is 0 Å². The van der Waals surface area contributed by atoms with E-state index in [1.54, 1.807) is 32.7 Å². The van der Waals surface area contributed by atoms with E-state index in [1.807, 2.05) is 0 Å². The van der Waals surface area contributed by atoms with Gasteiger partial charge in [-0.15, -0.1) is 0 Å². The Kier molecular flexibility index (Phi) is 11.8. The third-order valence-electron chi connectivity index (χ3n) is 5.63. The van der Waals surface area contributed by atoms with Gasteiger partial charge in [-0.25, -0.2) is 23.7 Å². The molecule has 0 bridgehead atoms. The fourth-order valence-corrected chi connectivity index (χ4v) is 6.58. The lowest BCUT2D eigenvalue weighted by Crippen LogP contribution is -2.53. The summed E-state index contributed by atoms with van der Waals surface area (Å²) in [6, 6.07) is -2.36. The second-order valence-electron chi connectivity index (χ2n) is 9.84.